The molecular weight excluding hydrogens is 305 g/mol. The van der Waals surface area contributed by atoms with Gasteiger partial charge in [-0.15, -0.1) is 0 Å². The summed E-state index contributed by atoms with van der Waals surface area (Å²) in [6.07, 6.45) is 2.33. The van der Waals surface area contributed by atoms with Gasteiger partial charge in [-0.25, -0.2) is 13.4 Å². The number of halogens is 1. The van der Waals surface area contributed by atoms with E-state index in [4.69, 9.17) is 0 Å². The van der Waals surface area contributed by atoms with Gasteiger partial charge in [0.1, 0.15) is 0 Å². The first kappa shape index (κ1) is 10.6. The molecule has 6 heteroatoms. The lowest BCUT2D eigenvalue weighted by molar-refractivity contribution is 0.110. The second kappa shape index (κ2) is 3.70. The van der Waals surface area contributed by atoms with Crippen molar-refractivity contribution in [1.29, 1.82) is 0 Å². The molecule has 1 aromatic heterocycles. The average molecular weight is 311 g/mol. The van der Waals surface area contributed by atoms with Crippen molar-refractivity contribution in [1.82, 2.24) is 4.98 Å². The summed E-state index contributed by atoms with van der Waals surface area (Å²) in [7, 11) is -3.27. The van der Waals surface area contributed by atoms with Crippen LogP contribution in [0.3, 0.4) is 0 Å². The van der Waals surface area contributed by atoms with E-state index in [1.165, 1.54) is 18.3 Å². The first-order valence-corrected chi connectivity index (χ1v) is 6.24. The highest BCUT2D eigenvalue weighted by Gasteiger charge is 2.09. The van der Waals surface area contributed by atoms with Crippen LogP contribution in [0.4, 0.5) is 0 Å². The predicted octanol–water partition coefficient (Wildman–Crippen LogP) is 1.06. The van der Waals surface area contributed by atoms with Gasteiger partial charge in [-0.05, 0) is 12.1 Å². The maximum Gasteiger partial charge on any atom is 0.223 e. The summed E-state index contributed by atoms with van der Waals surface area (Å²) in [5, 5.41) is -0.0195. The van der Waals surface area contributed by atoms with Gasteiger partial charge in [0.25, 0.3) is 0 Å². The van der Waals surface area contributed by atoms with E-state index >= 15 is 0 Å². The Bertz CT molecular complexity index is 424. The first-order valence-electron chi connectivity index (χ1n) is 3.27. The number of nitrogens with zero attached hydrogens (tertiary/aromatic N) is 1. The monoisotopic (exact) mass is 311 g/mol. The molecule has 0 saturated carbocycles. The van der Waals surface area contributed by atoms with E-state index in [1.54, 1.807) is 22.6 Å². The van der Waals surface area contributed by atoms with Gasteiger partial charge in [-0.1, -0.05) is 0 Å². The predicted molar refractivity (Wildman–Crippen MR) is 55.7 cm³/mol. The molecule has 1 aromatic rings. The van der Waals surface area contributed by atoms with Crippen LogP contribution in [0.15, 0.2) is 23.4 Å². The molecule has 0 aromatic carbocycles. The molecule has 0 amide bonds. The van der Waals surface area contributed by atoms with Gasteiger partial charge < -0.3 is 0 Å². The van der Waals surface area contributed by atoms with E-state index in [2.05, 4.69) is 4.98 Å². The topological polar surface area (TPSA) is 64.1 Å². The summed E-state index contributed by atoms with van der Waals surface area (Å²) in [5.41, 5.74) is 0.396. The highest BCUT2D eigenvalue weighted by molar-refractivity contribution is 14.1. The normalized spacial score (nSPS) is 11.2. The number of hydrogen-bond donors (Lipinski definition) is 0. The summed E-state index contributed by atoms with van der Waals surface area (Å²) in [6.45, 7) is 0. The molecule has 0 unspecified atom stereocenters. The van der Waals surface area contributed by atoms with Gasteiger partial charge in [0.2, 0.25) is 3.79 Å². The zero-order valence-electron chi connectivity index (χ0n) is 6.69. The lowest BCUT2D eigenvalue weighted by Gasteiger charge is -1.97. The van der Waals surface area contributed by atoms with Crippen LogP contribution in [-0.2, 0) is 9.84 Å². The smallest absolute Gasteiger partial charge is 0.223 e. The zero-order chi connectivity index (χ0) is 10.1. The average Bonchev–Trinajstić information content (AvgIpc) is 2.03. The van der Waals surface area contributed by atoms with Crippen molar-refractivity contribution in [2.75, 3.05) is 6.26 Å². The first-order chi connectivity index (χ1) is 5.91. The van der Waals surface area contributed by atoms with Crippen molar-refractivity contribution in [3.8, 4) is 0 Å². The quantitative estimate of drug-likeness (QED) is 0.605. The summed E-state index contributed by atoms with van der Waals surface area (Å²) in [6, 6.07) is 2.76. The molecule has 1 heterocycles. The van der Waals surface area contributed by atoms with Gasteiger partial charge in [0.05, 0.1) is 0 Å². The number of rotatable bonds is 2. The molecule has 0 aliphatic heterocycles. The second-order valence-electron chi connectivity index (χ2n) is 2.43. The molecule has 0 radical (unpaired) electrons. The minimum atomic E-state index is -3.27. The third-order valence-electron chi connectivity index (χ3n) is 1.34. The highest BCUT2D eigenvalue weighted by atomic mass is 127. The third-order valence-corrected chi connectivity index (χ3v) is 2.97. The van der Waals surface area contributed by atoms with Gasteiger partial charge >= 0.3 is 0 Å². The molecule has 0 saturated heterocycles. The van der Waals surface area contributed by atoms with E-state index in [1.807, 2.05) is 0 Å². The van der Waals surface area contributed by atoms with Crippen LogP contribution in [0.5, 0.6) is 0 Å². The summed E-state index contributed by atoms with van der Waals surface area (Å²) in [5.74, 6) is 0. The molecule has 1 rings (SSSR count). The molecule has 0 bridgehead atoms. The van der Waals surface area contributed by atoms with Gasteiger partial charge in [0.15, 0.2) is 14.9 Å². The van der Waals surface area contributed by atoms with E-state index in [0.717, 1.165) is 6.26 Å². The fourth-order valence-electron chi connectivity index (χ4n) is 0.716. The molecule has 0 aliphatic carbocycles. The van der Waals surface area contributed by atoms with Crippen LogP contribution in [0.2, 0.25) is 0 Å². The van der Waals surface area contributed by atoms with Crippen LogP contribution < -0.4 is 0 Å². The lowest BCUT2D eigenvalue weighted by atomic mass is 10.3. The van der Waals surface area contributed by atoms with E-state index in [0.29, 0.717) is 5.56 Å². The lowest BCUT2D eigenvalue weighted by Crippen LogP contribution is -2.01. The fourth-order valence-corrected chi connectivity index (χ4v) is 1.59. The van der Waals surface area contributed by atoms with E-state index in [-0.39, 0.29) is 8.82 Å². The van der Waals surface area contributed by atoms with Crippen LogP contribution >= 0.6 is 22.6 Å². The summed E-state index contributed by atoms with van der Waals surface area (Å²) >= 11 is 1.61. The molecule has 0 atom stereocenters. The largest absolute Gasteiger partial charge is 0.282 e. The van der Waals surface area contributed by atoms with Crippen LogP contribution in [0.1, 0.15) is 10.4 Å². The fraction of sp³-hybridized carbons (Fsp3) is 0.143. The number of hydrogen-bond acceptors (Lipinski definition) is 4. The molecule has 4 nitrogen and oxygen atoms in total. The molecular formula is C7H6INO3S. The molecule has 70 valence electrons. The second-order valence-corrected chi connectivity index (χ2v) is 5.37. The Morgan fingerprint density at radius 2 is 2.08 bits per heavy atom. The molecule has 0 fully saturated rings. The summed E-state index contributed by atoms with van der Waals surface area (Å²) < 4.78 is 21.8. The Morgan fingerprint density at radius 3 is 2.38 bits per heavy atom. The Kier molecular flexibility index (Phi) is 3.01. The minimum absolute atomic E-state index is 0.0195. The Morgan fingerprint density at radius 1 is 1.46 bits per heavy atom. The van der Waals surface area contributed by atoms with Crippen LogP contribution in [-0.4, -0.2) is 23.4 Å². The standard InChI is InChI=1S/C7H6INO3S/c1-13(11,12)6-3-2-5(4-9-6)7(8)10/h2-4H,1H3. The van der Waals surface area contributed by atoms with Crippen LogP contribution in [0.25, 0.3) is 0 Å². The van der Waals surface area contributed by atoms with Crippen molar-refractivity contribution in [3.05, 3.63) is 23.9 Å². The number of carbonyl (C=O) groups is 1. The maximum atomic E-state index is 11.0. The number of pyridine rings is 1. The van der Waals surface area contributed by atoms with Gasteiger partial charge in [0, 0.05) is 40.6 Å². The third kappa shape index (κ3) is 2.73. The van der Waals surface area contributed by atoms with E-state index < -0.39 is 9.84 Å². The van der Waals surface area contributed by atoms with Crippen molar-refractivity contribution >= 4 is 36.2 Å². The van der Waals surface area contributed by atoms with E-state index in [9.17, 15) is 13.2 Å². The Balaban J connectivity index is 3.16. The molecule has 0 N–H and O–H groups in total. The van der Waals surface area contributed by atoms with Gasteiger partial charge in [-0.3, -0.25) is 4.79 Å². The number of carbonyl (C=O) groups excluding carboxylic acids is 1. The molecule has 13 heavy (non-hydrogen) atoms. The Hall–Kier alpha value is -0.500. The minimum Gasteiger partial charge on any atom is -0.282 e. The van der Waals surface area contributed by atoms with Crippen molar-refractivity contribution in [2.45, 2.75) is 5.03 Å². The molecule has 0 aliphatic rings. The summed E-state index contributed by atoms with van der Waals surface area (Å²) in [4.78, 5) is 14.5. The Labute approximate surface area is 89.4 Å². The van der Waals surface area contributed by atoms with Crippen LogP contribution in [0, 0.1) is 0 Å². The van der Waals surface area contributed by atoms with Gasteiger partial charge in [-0.2, -0.15) is 0 Å². The van der Waals surface area contributed by atoms with Crippen molar-refractivity contribution in [3.63, 3.8) is 0 Å². The maximum absolute atomic E-state index is 11.0. The van der Waals surface area contributed by atoms with Crippen molar-refractivity contribution < 1.29 is 13.2 Å². The van der Waals surface area contributed by atoms with Crippen molar-refractivity contribution in [2.24, 2.45) is 0 Å². The highest BCUT2D eigenvalue weighted by Crippen LogP contribution is 2.08. The zero-order valence-corrected chi connectivity index (χ0v) is 9.66. The molecule has 0 spiro atoms. The number of aromatic nitrogens is 1. The number of sulfone groups is 1. The SMILES string of the molecule is CS(=O)(=O)c1ccc(C(=O)I)cn1.